The minimum atomic E-state index is 0.331. The van der Waals surface area contributed by atoms with Crippen molar-refractivity contribution in [1.29, 1.82) is 0 Å². The second-order valence-electron chi connectivity index (χ2n) is 5.82. The molecule has 2 heteroatoms. The molecule has 2 N–H and O–H groups in total. The van der Waals surface area contributed by atoms with Crippen molar-refractivity contribution in [2.45, 2.75) is 30.6 Å². The summed E-state index contributed by atoms with van der Waals surface area (Å²) in [5.74, 6) is 0.722. The molecular weight excluding hydrogens is 208 g/mol. The van der Waals surface area contributed by atoms with Gasteiger partial charge in [-0.25, -0.2) is 0 Å². The van der Waals surface area contributed by atoms with E-state index in [9.17, 15) is 0 Å². The van der Waals surface area contributed by atoms with Gasteiger partial charge in [0.2, 0.25) is 0 Å². The molecule has 0 aromatic heterocycles. The summed E-state index contributed by atoms with van der Waals surface area (Å²) >= 11 is 0. The zero-order valence-electron chi connectivity index (χ0n) is 10.7. The smallest absolute Gasteiger partial charge is 0.00790 e. The van der Waals surface area contributed by atoms with Crippen LogP contribution >= 0.6 is 0 Å². The Morgan fingerprint density at radius 1 is 1.35 bits per heavy atom. The molecule has 0 amide bonds. The van der Waals surface area contributed by atoms with Crippen LogP contribution in [0.4, 0.5) is 0 Å². The highest BCUT2D eigenvalue weighted by molar-refractivity contribution is 5.41. The van der Waals surface area contributed by atoms with Gasteiger partial charge in [-0.3, -0.25) is 0 Å². The van der Waals surface area contributed by atoms with Crippen LogP contribution in [0.5, 0.6) is 0 Å². The van der Waals surface area contributed by atoms with E-state index in [0.29, 0.717) is 5.41 Å². The van der Waals surface area contributed by atoms with Gasteiger partial charge < -0.3 is 10.6 Å². The Morgan fingerprint density at radius 2 is 2.12 bits per heavy atom. The molecule has 1 aromatic rings. The van der Waals surface area contributed by atoms with Crippen LogP contribution < -0.4 is 5.73 Å². The number of benzene rings is 1. The van der Waals surface area contributed by atoms with Gasteiger partial charge >= 0.3 is 0 Å². The predicted octanol–water partition coefficient (Wildman–Crippen LogP) is 2.10. The Labute approximate surface area is 104 Å². The second kappa shape index (κ2) is 4.11. The Bertz CT molecular complexity index is 409. The summed E-state index contributed by atoms with van der Waals surface area (Å²) in [6, 6.07) is 9.00. The van der Waals surface area contributed by atoms with Crippen LogP contribution in [0.3, 0.4) is 0 Å². The minimum Gasteiger partial charge on any atom is -0.330 e. The maximum atomic E-state index is 5.99. The molecule has 1 saturated carbocycles. The lowest BCUT2D eigenvalue weighted by molar-refractivity contribution is 0.411. The van der Waals surface area contributed by atoms with Crippen molar-refractivity contribution in [2.75, 3.05) is 26.7 Å². The molecule has 2 fully saturated rings. The molecule has 2 nitrogen and oxygen atoms in total. The molecule has 1 saturated heterocycles. The third-order valence-corrected chi connectivity index (χ3v) is 4.61. The molecule has 1 atom stereocenters. The number of rotatable bonds is 3. The maximum Gasteiger partial charge on any atom is 0.00790 e. The molecule has 1 aliphatic carbocycles. The molecule has 1 unspecified atom stereocenters. The Morgan fingerprint density at radius 3 is 2.71 bits per heavy atom. The van der Waals surface area contributed by atoms with E-state index in [2.05, 4.69) is 36.2 Å². The molecule has 0 spiro atoms. The van der Waals surface area contributed by atoms with Crippen molar-refractivity contribution in [3.63, 3.8) is 0 Å². The summed E-state index contributed by atoms with van der Waals surface area (Å²) in [6.45, 7) is 3.25. The SMILES string of the molecule is CN1CCC(c2ccccc2C2(CN)CC2)C1. The van der Waals surface area contributed by atoms with Crippen LogP contribution in [0.15, 0.2) is 24.3 Å². The summed E-state index contributed by atoms with van der Waals surface area (Å²) in [5, 5.41) is 0. The van der Waals surface area contributed by atoms with Crippen LogP contribution in [0, 0.1) is 0 Å². The van der Waals surface area contributed by atoms with Crippen molar-refractivity contribution in [1.82, 2.24) is 4.90 Å². The van der Waals surface area contributed by atoms with Gasteiger partial charge in [0.25, 0.3) is 0 Å². The Kier molecular flexibility index (Phi) is 2.72. The van der Waals surface area contributed by atoms with E-state index in [1.807, 2.05) is 0 Å². The Hall–Kier alpha value is -0.860. The highest BCUT2D eigenvalue weighted by Gasteiger charge is 2.44. The molecule has 1 aliphatic heterocycles. The number of hydrogen-bond acceptors (Lipinski definition) is 2. The molecule has 17 heavy (non-hydrogen) atoms. The lowest BCUT2D eigenvalue weighted by atomic mass is 9.85. The highest BCUT2D eigenvalue weighted by atomic mass is 15.1. The second-order valence-corrected chi connectivity index (χ2v) is 5.82. The minimum absolute atomic E-state index is 0.331. The Balaban J connectivity index is 1.94. The van der Waals surface area contributed by atoms with Crippen molar-refractivity contribution in [2.24, 2.45) is 5.73 Å². The summed E-state index contributed by atoms with van der Waals surface area (Å²) in [5.41, 5.74) is 9.43. The van der Waals surface area contributed by atoms with Gasteiger partial charge in [-0.05, 0) is 49.9 Å². The van der Waals surface area contributed by atoms with Crippen LogP contribution in [-0.4, -0.2) is 31.6 Å². The van der Waals surface area contributed by atoms with Crippen LogP contribution in [0.25, 0.3) is 0 Å². The van der Waals surface area contributed by atoms with E-state index in [-0.39, 0.29) is 0 Å². The fourth-order valence-corrected chi connectivity index (χ4v) is 3.26. The summed E-state index contributed by atoms with van der Waals surface area (Å²) in [6.07, 6.45) is 3.86. The lowest BCUT2D eigenvalue weighted by Gasteiger charge is -2.21. The standard InChI is InChI=1S/C15H22N2/c1-17-9-6-12(10-17)13-4-2-3-5-14(13)15(11-16)7-8-15/h2-5,12H,6-11,16H2,1H3. The zero-order chi connectivity index (χ0) is 11.9. The molecule has 0 radical (unpaired) electrons. The monoisotopic (exact) mass is 230 g/mol. The summed E-state index contributed by atoms with van der Waals surface area (Å²) < 4.78 is 0. The zero-order valence-corrected chi connectivity index (χ0v) is 10.7. The number of nitrogens with zero attached hydrogens (tertiary/aromatic N) is 1. The molecule has 3 rings (SSSR count). The van der Waals surface area contributed by atoms with Gasteiger partial charge in [0.1, 0.15) is 0 Å². The van der Waals surface area contributed by atoms with E-state index < -0.39 is 0 Å². The van der Waals surface area contributed by atoms with E-state index in [1.165, 1.54) is 32.4 Å². The van der Waals surface area contributed by atoms with Crippen molar-refractivity contribution >= 4 is 0 Å². The maximum absolute atomic E-state index is 5.99. The average Bonchev–Trinajstić information content (AvgIpc) is 3.05. The van der Waals surface area contributed by atoms with Crippen molar-refractivity contribution in [3.8, 4) is 0 Å². The highest BCUT2D eigenvalue weighted by Crippen LogP contribution is 2.50. The number of hydrogen-bond donors (Lipinski definition) is 1. The number of likely N-dealkylation sites (N-methyl/N-ethyl adjacent to an activating group) is 1. The quantitative estimate of drug-likeness (QED) is 0.861. The van der Waals surface area contributed by atoms with Crippen LogP contribution in [0.2, 0.25) is 0 Å². The molecule has 1 heterocycles. The molecule has 1 aromatic carbocycles. The van der Waals surface area contributed by atoms with Crippen molar-refractivity contribution < 1.29 is 0 Å². The predicted molar refractivity (Wildman–Crippen MR) is 71.3 cm³/mol. The first kappa shape index (κ1) is 11.2. The molecular formula is C15H22N2. The van der Waals surface area contributed by atoms with Crippen LogP contribution in [-0.2, 0) is 5.41 Å². The van der Waals surface area contributed by atoms with Gasteiger partial charge in [-0.2, -0.15) is 0 Å². The molecule has 2 aliphatic rings. The molecule has 0 bridgehead atoms. The normalized spacial score (nSPS) is 27.3. The topological polar surface area (TPSA) is 29.3 Å². The lowest BCUT2D eigenvalue weighted by Crippen LogP contribution is -2.22. The largest absolute Gasteiger partial charge is 0.330 e. The third-order valence-electron chi connectivity index (χ3n) is 4.61. The van der Waals surface area contributed by atoms with Gasteiger partial charge in [0, 0.05) is 18.5 Å². The van der Waals surface area contributed by atoms with E-state index in [4.69, 9.17) is 5.73 Å². The van der Waals surface area contributed by atoms with Crippen molar-refractivity contribution in [3.05, 3.63) is 35.4 Å². The van der Waals surface area contributed by atoms with E-state index >= 15 is 0 Å². The fourth-order valence-electron chi connectivity index (χ4n) is 3.26. The van der Waals surface area contributed by atoms with Gasteiger partial charge in [-0.1, -0.05) is 24.3 Å². The first-order valence-electron chi connectivity index (χ1n) is 6.73. The van der Waals surface area contributed by atoms with Gasteiger partial charge in [-0.15, -0.1) is 0 Å². The van der Waals surface area contributed by atoms with Gasteiger partial charge in [0.05, 0.1) is 0 Å². The third kappa shape index (κ3) is 1.90. The number of nitrogens with two attached hydrogens (primary N) is 1. The molecule has 92 valence electrons. The first-order valence-corrected chi connectivity index (χ1v) is 6.73. The summed E-state index contributed by atoms with van der Waals surface area (Å²) in [7, 11) is 2.22. The van der Waals surface area contributed by atoms with Gasteiger partial charge in [0.15, 0.2) is 0 Å². The van der Waals surface area contributed by atoms with E-state index in [0.717, 1.165) is 12.5 Å². The first-order chi connectivity index (χ1) is 8.25. The number of likely N-dealkylation sites (tertiary alicyclic amines) is 1. The fraction of sp³-hybridized carbons (Fsp3) is 0.600. The average molecular weight is 230 g/mol. The van der Waals surface area contributed by atoms with E-state index in [1.54, 1.807) is 11.1 Å². The van der Waals surface area contributed by atoms with Crippen LogP contribution in [0.1, 0.15) is 36.3 Å². The summed E-state index contributed by atoms with van der Waals surface area (Å²) in [4.78, 5) is 2.43.